The van der Waals surface area contributed by atoms with Gasteiger partial charge in [0.1, 0.15) is 12.4 Å². The molecule has 0 radical (unpaired) electrons. The van der Waals surface area contributed by atoms with E-state index in [1.165, 1.54) is 12.1 Å². The highest BCUT2D eigenvalue weighted by Crippen LogP contribution is 2.32. The molecule has 3 unspecified atom stereocenters. The van der Waals surface area contributed by atoms with E-state index < -0.39 is 17.8 Å². The van der Waals surface area contributed by atoms with E-state index in [0.717, 1.165) is 18.6 Å². The first-order valence-electron chi connectivity index (χ1n) is 10.3. The van der Waals surface area contributed by atoms with Crippen LogP contribution in [0.3, 0.4) is 0 Å². The second-order valence-electron chi connectivity index (χ2n) is 7.55. The number of hydrogen-bond donors (Lipinski definition) is 2. The van der Waals surface area contributed by atoms with E-state index >= 15 is 0 Å². The predicted molar refractivity (Wildman–Crippen MR) is 109 cm³/mol. The summed E-state index contributed by atoms with van der Waals surface area (Å²) in [6.45, 7) is 4.52. The summed E-state index contributed by atoms with van der Waals surface area (Å²) < 4.78 is 55.0. The predicted octanol–water partition coefficient (Wildman–Crippen LogP) is 4.60. The lowest BCUT2D eigenvalue weighted by atomic mass is 9.99. The zero-order valence-electron chi connectivity index (χ0n) is 17.8. The minimum Gasteiger partial charge on any atom is -0.467 e. The maximum atomic E-state index is 13.0. The van der Waals surface area contributed by atoms with Crippen LogP contribution >= 0.6 is 0 Å². The summed E-state index contributed by atoms with van der Waals surface area (Å²) in [5, 5.41) is 17.3. The molecule has 32 heavy (non-hydrogen) atoms. The van der Waals surface area contributed by atoms with Crippen LogP contribution in [0.4, 0.5) is 13.2 Å². The summed E-state index contributed by atoms with van der Waals surface area (Å²) >= 11 is 0. The van der Waals surface area contributed by atoms with Crippen molar-refractivity contribution in [3.05, 3.63) is 59.9 Å². The molecule has 7 nitrogen and oxygen atoms in total. The number of aliphatic hydroxyl groups excluding tert-OH is 1. The van der Waals surface area contributed by atoms with Crippen LogP contribution in [0.1, 0.15) is 43.5 Å². The number of alkyl halides is 3. The van der Waals surface area contributed by atoms with Crippen molar-refractivity contribution in [2.45, 2.75) is 45.2 Å². The van der Waals surface area contributed by atoms with E-state index in [-0.39, 0.29) is 49.0 Å². The number of furan rings is 1. The third-order valence-corrected chi connectivity index (χ3v) is 5.08. The van der Waals surface area contributed by atoms with Crippen LogP contribution in [0.15, 0.2) is 51.6 Å². The molecule has 0 bridgehead atoms. The van der Waals surface area contributed by atoms with E-state index in [9.17, 15) is 18.3 Å². The lowest BCUT2D eigenvalue weighted by Gasteiger charge is -2.22. The van der Waals surface area contributed by atoms with Crippen molar-refractivity contribution in [1.29, 1.82) is 0 Å². The lowest BCUT2D eigenvalue weighted by Crippen LogP contribution is -2.35. The molecule has 10 heteroatoms. The van der Waals surface area contributed by atoms with Crippen LogP contribution in [-0.4, -0.2) is 34.5 Å². The molecule has 2 N–H and O–H groups in total. The van der Waals surface area contributed by atoms with Gasteiger partial charge < -0.3 is 24.1 Å². The van der Waals surface area contributed by atoms with E-state index in [4.69, 9.17) is 13.7 Å². The Labute approximate surface area is 183 Å². The number of nitrogens with zero attached hydrogens (tertiary/aromatic N) is 2. The first-order chi connectivity index (χ1) is 15.3. The number of ether oxygens (including phenoxy) is 1. The number of nitrogens with one attached hydrogen (secondary N) is 1. The van der Waals surface area contributed by atoms with Gasteiger partial charge in [-0.05, 0) is 30.2 Å². The molecule has 0 fully saturated rings. The minimum absolute atomic E-state index is 0.0704. The smallest absolute Gasteiger partial charge is 0.416 e. The van der Waals surface area contributed by atoms with Gasteiger partial charge in [-0.2, -0.15) is 18.2 Å². The lowest BCUT2D eigenvalue weighted by molar-refractivity contribution is -0.137. The highest BCUT2D eigenvalue weighted by atomic mass is 19.4. The van der Waals surface area contributed by atoms with Crippen LogP contribution in [0.2, 0.25) is 0 Å². The number of benzene rings is 1. The topological polar surface area (TPSA) is 93.5 Å². The molecule has 0 aliphatic rings. The third-order valence-electron chi connectivity index (χ3n) is 5.08. The van der Waals surface area contributed by atoms with Crippen molar-refractivity contribution in [2.24, 2.45) is 5.92 Å². The Morgan fingerprint density at radius 2 is 2.03 bits per heavy atom. The van der Waals surface area contributed by atoms with Crippen LogP contribution in [0, 0.1) is 5.92 Å². The molecule has 0 saturated heterocycles. The van der Waals surface area contributed by atoms with Gasteiger partial charge in [0.2, 0.25) is 11.7 Å². The number of aliphatic hydroxyl groups is 1. The fourth-order valence-electron chi connectivity index (χ4n) is 3.09. The number of hydrogen-bond acceptors (Lipinski definition) is 7. The van der Waals surface area contributed by atoms with Crippen molar-refractivity contribution in [3.8, 4) is 11.4 Å². The molecule has 0 saturated carbocycles. The minimum atomic E-state index is -4.46. The maximum Gasteiger partial charge on any atom is 0.416 e. The van der Waals surface area contributed by atoms with Gasteiger partial charge in [-0.15, -0.1) is 0 Å². The molecule has 3 aromatic rings. The molecular formula is C22H26F3N3O4. The normalized spacial score (nSPS) is 14.9. The zero-order valence-corrected chi connectivity index (χ0v) is 17.8. The van der Waals surface area contributed by atoms with Gasteiger partial charge in [-0.3, -0.25) is 0 Å². The Morgan fingerprint density at radius 1 is 1.22 bits per heavy atom. The van der Waals surface area contributed by atoms with Gasteiger partial charge in [0.15, 0.2) is 0 Å². The summed E-state index contributed by atoms with van der Waals surface area (Å²) in [7, 11) is 0. The number of halogens is 3. The first kappa shape index (κ1) is 24.0. The van der Waals surface area contributed by atoms with Gasteiger partial charge in [0.05, 0.1) is 30.6 Å². The van der Waals surface area contributed by atoms with Gasteiger partial charge in [0, 0.05) is 12.1 Å². The Balaban J connectivity index is 1.63. The van der Waals surface area contributed by atoms with E-state index in [1.54, 1.807) is 18.4 Å². The molecule has 3 atom stereocenters. The fraction of sp³-hybridized carbons (Fsp3) is 0.455. The van der Waals surface area contributed by atoms with E-state index in [1.807, 2.05) is 13.8 Å². The molecule has 0 spiro atoms. The number of aromatic nitrogens is 2. The second-order valence-corrected chi connectivity index (χ2v) is 7.55. The Hall–Kier alpha value is -2.69. The van der Waals surface area contributed by atoms with Crippen molar-refractivity contribution >= 4 is 0 Å². The molecule has 2 heterocycles. The SMILES string of the molecule is CCC(C)C(NCC(O)COCc1ccco1)c1nc(-c2cccc(C(F)(F)F)c2)no1. The highest BCUT2D eigenvalue weighted by Gasteiger charge is 2.31. The van der Waals surface area contributed by atoms with Crippen LogP contribution < -0.4 is 5.32 Å². The quantitative estimate of drug-likeness (QED) is 0.438. The summed E-state index contributed by atoms with van der Waals surface area (Å²) in [4.78, 5) is 4.31. The third kappa shape index (κ3) is 6.41. The van der Waals surface area contributed by atoms with Gasteiger partial charge in [-0.25, -0.2) is 0 Å². The van der Waals surface area contributed by atoms with Crippen molar-refractivity contribution in [3.63, 3.8) is 0 Å². The van der Waals surface area contributed by atoms with Gasteiger partial charge in [-0.1, -0.05) is 37.6 Å². The number of rotatable bonds is 11. The summed E-state index contributed by atoms with van der Waals surface area (Å²) in [5.74, 6) is 1.05. The first-order valence-corrected chi connectivity index (χ1v) is 10.3. The van der Waals surface area contributed by atoms with E-state index in [2.05, 4.69) is 15.5 Å². The molecule has 174 valence electrons. The highest BCUT2D eigenvalue weighted by molar-refractivity contribution is 5.55. The van der Waals surface area contributed by atoms with Gasteiger partial charge in [0.25, 0.3) is 0 Å². The Bertz CT molecular complexity index is 959. The van der Waals surface area contributed by atoms with E-state index in [0.29, 0.717) is 5.76 Å². The molecule has 1 aromatic carbocycles. The summed E-state index contributed by atoms with van der Waals surface area (Å²) in [6.07, 6.45) is -2.92. The largest absolute Gasteiger partial charge is 0.467 e. The van der Waals surface area contributed by atoms with Crippen molar-refractivity contribution in [1.82, 2.24) is 15.5 Å². The molecule has 0 amide bonds. The molecule has 3 rings (SSSR count). The van der Waals surface area contributed by atoms with Crippen LogP contribution in [-0.2, 0) is 17.5 Å². The maximum absolute atomic E-state index is 13.0. The summed E-state index contributed by atoms with van der Waals surface area (Å²) in [5.41, 5.74) is -0.570. The monoisotopic (exact) mass is 453 g/mol. The van der Waals surface area contributed by atoms with Crippen molar-refractivity contribution < 1.29 is 32.0 Å². The van der Waals surface area contributed by atoms with Crippen LogP contribution in [0.5, 0.6) is 0 Å². The molecule has 0 aliphatic carbocycles. The molecule has 0 aliphatic heterocycles. The Kier molecular flexibility index (Phi) is 8.05. The zero-order chi connectivity index (χ0) is 23.1. The fourth-order valence-corrected chi connectivity index (χ4v) is 3.09. The average molecular weight is 453 g/mol. The van der Waals surface area contributed by atoms with Gasteiger partial charge >= 0.3 is 6.18 Å². The average Bonchev–Trinajstić information content (AvgIpc) is 3.46. The van der Waals surface area contributed by atoms with Crippen molar-refractivity contribution in [2.75, 3.05) is 13.2 Å². The summed E-state index contributed by atoms with van der Waals surface area (Å²) in [6, 6.07) is 7.93. The second kappa shape index (κ2) is 10.8. The molecule has 2 aromatic heterocycles. The standard InChI is InChI=1S/C22H26F3N3O4/c1-3-14(2)19(26-11-17(29)12-30-13-18-8-5-9-31-18)21-27-20(28-32-21)15-6-4-7-16(10-15)22(23,24)25/h4-10,14,17,19,26,29H,3,11-13H2,1-2H3. The Morgan fingerprint density at radius 3 is 2.72 bits per heavy atom. The van der Waals surface area contributed by atoms with Crippen LogP contribution in [0.25, 0.3) is 11.4 Å². The molecular weight excluding hydrogens is 427 g/mol.